The van der Waals surface area contributed by atoms with Crippen LogP contribution in [0.2, 0.25) is 5.02 Å². The number of aliphatic hydroxyl groups excluding tert-OH is 1. The largest absolute Gasteiger partial charge is 0.491 e. The van der Waals surface area contributed by atoms with E-state index in [1.165, 1.54) is 0 Å². The highest BCUT2D eigenvalue weighted by atomic mass is 35.5. The van der Waals surface area contributed by atoms with Gasteiger partial charge in [-0.25, -0.2) is 0 Å². The third kappa shape index (κ3) is 5.84. The first kappa shape index (κ1) is 18.1. The molecule has 0 heterocycles. The minimum absolute atomic E-state index is 0.0160. The van der Waals surface area contributed by atoms with Crippen LogP contribution in [0.1, 0.15) is 19.4 Å². The van der Waals surface area contributed by atoms with Gasteiger partial charge in [0.1, 0.15) is 12.4 Å². The topological polar surface area (TPSA) is 67.5 Å². The monoisotopic (exact) mass is 322 g/mol. The number of hydrogen-bond acceptors (Lipinski definition) is 4. The van der Waals surface area contributed by atoms with Crippen molar-refractivity contribution in [1.29, 1.82) is 0 Å². The summed E-state index contributed by atoms with van der Waals surface area (Å²) in [7, 11) is 0. The van der Waals surface area contributed by atoms with Crippen molar-refractivity contribution in [3.63, 3.8) is 0 Å². The minimum atomic E-state index is -0.0160. The van der Waals surface area contributed by atoms with Gasteiger partial charge in [-0.15, -0.1) is 0 Å². The van der Waals surface area contributed by atoms with E-state index in [4.69, 9.17) is 27.2 Å². The Morgan fingerprint density at radius 2 is 1.82 bits per heavy atom. The summed E-state index contributed by atoms with van der Waals surface area (Å²) in [4.78, 5) is 0. The molecule has 0 aliphatic carbocycles. The number of nitrogens with two attached hydrogens (primary N) is 1. The van der Waals surface area contributed by atoms with Crippen molar-refractivity contribution < 1.29 is 9.84 Å². The van der Waals surface area contributed by atoms with Crippen LogP contribution in [0.5, 0.6) is 5.75 Å². The lowest BCUT2D eigenvalue weighted by atomic mass is 10.2. The number of nitrogens with one attached hydrogen (secondary N) is 1. The molecular formula is C17H23ClN2O2. The second-order valence-electron chi connectivity index (χ2n) is 4.30. The van der Waals surface area contributed by atoms with Crippen LogP contribution in [0.25, 0.3) is 0 Å². The molecule has 22 heavy (non-hydrogen) atoms. The lowest BCUT2D eigenvalue weighted by Crippen LogP contribution is -2.05. The zero-order chi connectivity index (χ0) is 16.4. The molecule has 0 spiro atoms. The van der Waals surface area contributed by atoms with Crippen molar-refractivity contribution in [2.75, 3.05) is 24.3 Å². The van der Waals surface area contributed by atoms with E-state index in [9.17, 15) is 0 Å². The lowest BCUT2D eigenvalue weighted by Gasteiger charge is -2.12. The molecular weight excluding hydrogens is 300 g/mol. The quantitative estimate of drug-likeness (QED) is 0.705. The first-order chi connectivity index (χ1) is 10.7. The summed E-state index contributed by atoms with van der Waals surface area (Å²) >= 11 is 5.85. The maximum Gasteiger partial charge on any atom is 0.121 e. The molecule has 0 fully saturated rings. The Kier molecular flexibility index (Phi) is 8.18. The van der Waals surface area contributed by atoms with Crippen LogP contribution < -0.4 is 15.8 Å². The number of benzene rings is 2. The third-order valence-electron chi connectivity index (χ3n) is 2.78. The van der Waals surface area contributed by atoms with Gasteiger partial charge in [0.05, 0.1) is 18.0 Å². The normalized spacial score (nSPS) is 9.64. The zero-order valence-corrected chi connectivity index (χ0v) is 13.7. The number of hydrogen-bond donors (Lipinski definition) is 3. The van der Waals surface area contributed by atoms with Gasteiger partial charge in [-0.3, -0.25) is 0 Å². The van der Waals surface area contributed by atoms with Gasteiger partial charge in [-0.2, -0.15) is 0 Å². The van der Waals surface area contributed by atoms with Crippen LogP contribution in [0.3, 0.4) is 0 Å². The predicted molar refractivity (Wildman–Crippen MR) is 93.6 cm³/mol. The van der Waals surface area contributed by atoms with Crippen molar-refractivity contribution in [3.05, 3.63) is 53.1 Å². The van der Waals surface area contributed by atoms with E-state index in [1.807, 2.05) is 44.2 Å². The first-order valence-electron chi connectivity index (χ1n) is 7.30. The van der Waals surface area contributed by atoms with Gasteiger partial charge in [0.15, 0.2) is 0 Å². The summed E-state index contributed by atoms with van der Waals surface area (Å²) in [6, 6.07) is 13.0. The molecule has 0 saturated heterocycles. The fourth-order valence-electron chi connectivity index (χ4n) is 1.74. The maximum absolute atomic E-state index is 8.75. The van der Waals surface area contributed by atoms with Crippen LogP contribution in [-0.2, 0) is 6.54 Å². The average Bonchev–Trinajstić information content (AvgIpc) is 2.56. The molecule has 0 radical (unpaired) electrons. The summed E-state index contributed by atoms with van der Waals surface area (Å²) < 4.78 is 5.36. The van der Waals surface area contributed by atoms with Crippen LogP contribution >= 0.6 is 11.6 Å². The van der Waals surface area contributed by atoms with Gasteiger partial charge >= 0.3 is 0 Å². The number of ether oxygens (including phenoxy) is 1. The van der Waals surface area contributed by atoms with Gasteiger partial charge in [0, 0.05) is 17.6 Å². The van der Waals surface area contributed by atoms with E-state index in [-0.39, 0.29) is 13.2 Å². The second kappa shape index (κ2) is 9.92. The molecule has 0 aromatic heterocycles. The maximum atomic E-state index is 8.75. The molecule has 0 unspecified atom stereocenters. The highest BCUT2D eigenvalue weighted by Crippen LogP contribution is 2.25. The molecule has 120 valence electrons. The minimum Gasteiger partial charge on any atom is -0.491 e. The van der Waals surface area contributed by atoms with E-state index < -0.39 is 0 Å². The van der Waals surface area contributed by atoms with E-state index in [0.29, 0.717) is 23.0 Å². The van der Waals surface area contributed by atoms with Crippen molar-refractivity contribution in [2.24, 2.45) is 0 Å². The van der Waals surface area contributed by atoms with E-state index in [0.717, 1.165) is 11.3 Å². The van der Waals surface area contributed by atoms with E-state index in [2.05, 4.69) is 5.32 Å². The molecule has 2 rings (SSSR count). The van der Waals surface area contributed by atoms with Crippen molar-refractivity contribution in [1.82, 2.24) is 0 Å². The summed E-state index contributed by atoms with van der Waals surface area (Å²) in [5.74, 6) is 0.673. The van der Waals surface area contributed by atoms with Crippen LogP contribution in [0, 0.1) is 0 Å². The van der Waals surface area contributed by atoms with E-state index in [1.54, 1.807) is 12.1 Å². The molecule has 2 aromatic rings. The second-order valence-corrected chi connectivity index (χ2v) is 4.74. The highest BCUT2D eigenvalue weighted by Gasteiger charge is 2.02. The SMILES string of the molecule is CC.Nc1ccc(OCCO)cc1NCc1ccc(Cl)cc1. The van der Waals surface area contributed by atoms with Crippen molar-refractivity contribution >= 4 is 23.0 Å². The van der Waals surface area contributed by atoms with Gasteiger partial charge in [-0.05, 0) is 29.8 Å². The van der Waals surface area contributed by atoms with Crippen LogP contribution in [-0.4, -0.2) is 18.3 Å². The van der Waals surface area contributed by atoms with Crippen molar-refractivity contribution in [3.8, 4) is 5.75 Å². The van der Waals surface area contributed by atoms with Gasteiger partial charge in [0.25, 0.3) is 0 Å². The predicted octanol–water partition coefficient (Wildman–Crippen LogP) is 3.93. The van der Waals surface area contributed by atoms with Crippen LogP contribution in [0.15, 0.2) is 42.5 Å². The third-order valence-corrected chi connectivity index (χ3v) is 3.03. The number of aliphatic hydroxyl groups is 1. The molecule has 0 amide bonds. The summed E-state index contributed by atoms with van der Waals surface area (Å²) in [6.45, 7) is 4.89. The molecule has 0 bridgehead atoms. The number of halogens is 1. The number of anilines is 2. The average molecular weight is 323 g/mol. The van der Waals surface area contributed by atoms with Gasteiger partial charge in [-0.1, -0.05) is 37.6 Å². The standard InChI is InChI=1S/C15H17ClN2O2.C2H6/c16-12-3-1-11(2-4-12)10-18-15-9-13(20-8-7-19)5-6-14(15)17;1-2/h1-6,9,18-19H,7-8,10,17H2;1-2H3. The van der Waals surface area contributed by atoms with Gasteiger partial charge in [0.2, 0.25) is 0 Å². The van der Waals surface area contributed by atoms with Crippen LogP contribution in [0.4, 0.5) is 11.4 Å². The van der Waals surface area contributed by atoms with Gasteiger partial charge < -0.3 is 20.9 Å². The molecule has 5 heteroatoms. The lowest BCUT2D eigenvalue weighted by molar-refractivity contribution is 0.201. The molecule has 0 aliphatic heterocycles. The Labute approximate surface area is 136 Å². The smallest absolute Gasteiger partial charge is 0.121 e. The fraction of sp³-hybridized carbons (Fsp3) is 0.294. The van der Waals surface area contributed by atoms with Crippen molar-refractivity contribution in [2.45, 2.75) is 20.4 Å². The zero-order valence-electron chi connectivity index (χ0n) is 13.0. The summed E-state index contributed by atoms with van der Waals surface area (Å²) in [5.41, 5.74) is 8.47. The Hall–Kier alpha value is -1.91. The number of rotatable bonds is 6. The Morgan fingerprint density at radius 1 is 1.14 bits per heavy atom. The molecule has 4 N–H and O–H groups in total. The molecule has 0 aliphatic rings. The molecule has 2 aromatic carbocycles. The Morgan fingerprint density at radius 3 is 2.45 bits per heavy atom. The Balaban J connectivity index is 0.00000116. The molecule has 0 atom stereocenters. The fourth-order valence-corrected chi connectivity index (χ4v) is 1.87. The number of nitrogen functional groups attached to an aromatic ring is 1. The van der Waals surface area contributed by atoms with E-state index >= 15 is 0 Å². The summed E-state index contributed by atoms with van der Waals surface area (Å²) in [6.07, 6.45) is 0. The summed E-state index contributed by atoms with van der Waals surface area (Å²) in [5, 5.41) is 12.7. The first-order valence-corrected chi connectivity index (χ1v) is 7.68. The molecule has 4 nitrogen and oxygen atoms in total. The Bertz CT molecular complexity index is 559. The molecule has 0 saturated carbocycles. The highest BCUT2D eigenvalue weighted by molar-refractivity contribution is 6.30.